The quantitative estimate of drug-likeness (QED) is 0.174. The van der Waals surface area contributed by atoms with Crippen molar-refractivity contribution in [3.8, 4) is 11.5 Å². The molecule has 4 aromatic rings. The number of aryl methyl sites for hydroxylation is 1. The molecule has 0 saturated heterocycles. The number of hydrogen-bond donors (Lipinski definition) is 1. The Kier molecular flexibility index (Phi) is 12.0. The smallest absolute Gasteiger partial charge is 0.264 e. The number of amides is 2. The number of hydrogen-bond acceptors (Lipinski definition) is 6. The Morgan fingerprint density at radius 3 is 2.06 bits per heavy atom. The van der Waals surface area contributed by atoms with E-state index in [2.05, 4.69) is 5.32 Å². The highest BCUT2D eigenvalue weighted by molar-refractivity contribution is 7.92. The molecular weight excluding hydrogens is 614 g/mol. The lowest BCUT2D eigenvalue weighted by Gasteiger charge is -2.34. The maximum absolute atomic E-state index is 14.6. The Morgan fingerprint density at radius 2 is 1.45 bits per heavy atom. The van der Waals surface area contributed by atoms with Crippen LogP contribution in [0, 0.1) is 6.92 Å². The summed E-state index contributed by atoms with van der Waals surface area (Å²) in [6.07, 6.45) is 0.945. The number of carbonyl (C=O) groups is 2. The predicted molar refractivity (Wildman–Crippen MR) is 184 cm³/mol. The molecule has 2 amide bonds. The SMILES string of the molecule is CC[C@H](C)NC(=O)[C@H](Cc1ccccc1)N(Cc1cccc(C)c1)C(=O)CN(c1ccc(OC)c(OC)c1)S(=O)(=O)c1ccccc1. The van der Waals surface area contributed by atoms with Gasteiger partial charge in [0.05, 0.1) is 24.8 Å². The first-order valence-corrected chi connectivity index (χ1v) is 17.0. The molecule has 4 rings (SSSR count). The Morgan fingerprint density at radius 1 is 0.809 bits per heavy atom. The molecule has 0 unspecified atom stereocenters. The van der Waals surface area contributed by atoms with E-state index >= 15 is 0 Å². The second kappa shape index (κ2) is 16.1. The van der Waals surface area contributed by atoms with Crippen molar-refractivity contribution in [2.45, 2.75) is 57.1 Å². The van der Waals surface area contributed by atoms with Crippen molar-refractivity contribution >= 4 is 27.5 Å². The molecule has 0 aliphatic carbocycles. The van der Waals surface area contributed by atoms with E-state index in [9.17, 15) is 18.0 Å². The van der Waals surface area contributed by atoms with Gasteiger partial charge in [-0.3, -0.25) is 13.9 Å². The molecule has 1 N–H and O–H groups in total. The third-order valence-corrected chi connectivity index (χ3v) is 9.76. The van der Waals surface area contributed by atoms with Gasteiger partial charge in [-0.25, -0.2) is 8.42 Å². The van der Waals surface area contributed by atoms with Gasteiger partial charge in [0.1, 0.15) is 12.6 Å². The molecule has 0 heterocycles. The first-order valence-electron chi connectivity index (χ1n) is 15.6. The van der Waals surface area contributed by atoms with Crippen LogP contribution in [0.25, 0.3) is 0 Å². The topological polar surface area (TPSA) is 105 Å². The Bertz CT molecular complexity index is 1750. The molecule has 10 heteroatoms. The van der Waals surface area contributed by atoms with Crippen LogP contribution in [-0.4, -0.2) is 58.0 Å². The highest BCUT2D eigenvalue weighted by Gasteiger charge is 2.35. The van der Waals surface area contributed by atoms with Gasteiger partial charge in [-0.2, -0.15) is 0 Å². The number of sulfonamides is 1. The van der Waals surface area contributed by atoms with Gasteiger partial charge in [0.2, 0.25) is 11.8 Å². The summed E-state index contributed by atoms with van der Waals surface area (Å²) in [5, 5.41) is 3.06. The van der Waals surface area contributed by atoms with E-state index in [1.807, 2.05) is 75.4 Å². The summed E-state index contributed by atoms with van der Waals surface area (Å²) in [5.41, 5.74) is 2.89. The Balaban J connectivity index is 1.84. The second-order valence-corrected chi connectivity index (χ2v) is 13.3. The van der Waals surface area contributed by atoms with E-state index in [4.69, 9.17) is 9.47 Å². The maximum atomic E-state index is 14.6. The molecule has 0 saturated carbocycles. The monoisotopic (exact) mass is 657 g/mol. The molecule has 0 aliphatic rings. The highest BCUT2D eigenvalue weighted by atomic mass is 32.2. The van der Waals surface area contributed by atoms with Crippen molar-refractivity contribution in [2.75, 3.05) is 25.1 Å². The molecule has 0 fully saturated rings. The lowest BCUT2D eigenvalue weighted by molar-refractivity contribution is -0.140. The summed E-state index contributed by atoms with van der Waals surface area (Å²) >= 11 is 0. The van der Waals surface area contributed by atoms with Gasteiger partial charge in [-0.1, -0.05) is 85.3 Å². The average Bonchev–Trinajstić information content (AvgIpc) is 3.08. The fraction of sp³-hybridized carbons (Fsp3) is 0.297. The van der Waals surface area contributed by atoms with Gasteiger partial charge in [-0.05, 0) is 55.7 Å². The van der Waals surface area contributed by atoms with Crippen LogP contribution >= 0.6 is 0 Å². The Hall–Kier alpha value is -4.83. The summed E-state index contributed by atoms with van der Waals surface area (Å²) in [6, 6.07) is 28.8. The van der Waals surface area contributed by atoms with Crippen molar-refractivity contribution < 1.29 is 27.5 Å². The summed E-state index contributed by atoms with van der Waals surface area (Å²) in [4.78, 5) is 30.1. The van der Waals surface area contributed by atoms with E-state index in [-0.39, 0.29) is 35.5 Å². The molecule has 0 radical (unpaired) electrons. The van der Waals surface area contributed by atoms with Crippen molar-refractivity contribution in [1.29, 1.82) is 0 Å². The molecule has 0 aliphatic heterocycles. The minimum Gasteiger partial charge on any atom is -0.493 e. The van der Waals surface area contributed by atoms with Crippen molar-refractivity contribution in [1.82, 2.24) is 10.2 Å². The predicted octanol–water partition coefficient (Wildman–Crippen LogP) is 5.76. The van der Waals surface area contributed by atoms with E-state index < -0.39 is 28.5 Å². The largest absolute Gasteiger partial charge is 0.493 e. The van der Waals surface area contributed by atoms with Crippen LogP contribution in [0.4, 0.5) is 5.69 Å². The minimum absolute atomic E-state index is 0.0168. The lowest BCUT2D eigenvalue weighted by atomic mass is 10.0. The van der Waals surface area contributed by atoms with Gasteiger partial charge in [0.15, 0.2) is 11.5 Å². The third-order valence-electron chi connectivity index (χ3n) is 7.97. The number of anilines is 1. The molecule has 4 aromatic carbocycles. The van der Waals surface area contributed by atoms with Crippen molar-refractivity contribution in [3.05, 3.63) is 120 Å². The van der Waals surface area contributed by atoms with Gasteiger partial charge in [0, 0.05) is 25.1 Å². The number of carbonyl (C=O) groups excluding carboxylic acids is 2. The molecule has 0 aromatic heterocycles. The van der Waals surface area contributed by atoms with Gasteiger partial charge in [-0.15, -0.1) is 0 Å². The zero-order valence-corrected chi connectivity index (χ0v) is 28.4. The molecular formula is C37H43N3O6S. The number of benzene rings is 4. The van der Waals surface area contributed by atoms with Gasteiger partial charge >= 0.3 is 0 Å². The minimum atomic E-state index is -4.25. The molecule has 0 bridgehead atoms. The fourth-order valence-corrected chi connectivity index (χ4v) is 6.66. The van der Waals surface area contributed by atoms with Crippen LogP contribution in [0.2, 0.25) is 0 Å². The summed E-state index contributed by atoms with van der Waals surface area (Å²) in [7, 11) is -1.30. The Labute approximate surface area is 278 Å². The molecule has 2 atom stereocenters. The number of nitrogens with zero attached hydrogens (tertiary/aromatic N) is 2. The number of nitrogens with one attached hydrogen (secondary N) is 1. The van der Waals surface area contributed by atoms with Crippen LogP contribution in [0.1, 0.15) is 37.0 Å². The third kappa shape index (κ3) is 8.92. The van der Waals surface area contributed by atoms with E-state index in [1.54, 1.807) is 30.3 Å². The fourth-order valence-electron chi connectivity index (χ4n) is 5.23. The van der Waals surface area contributed by atoms with Crippen molar-refractivity contribution in [3.63, 3.8) is 0 Å². The van der Waals surface area contributed by atoms with Gasteiger partial charge < -0.3 is 19.7 Å². The van der Waals surface area contributed by atoms with E-state index in [0.29, 0.717) is 17.9 Å². The molecule has 47 heavy (non-hydrogen) atoms. The first-order chi connectivity index (χ1) is 22.6. The number of rotatable bonds is 15. The number of methoxy groups -OCH3 is 2. The zero-order valence-electron chi connectivity index (χ0n) is 27.6. The van der Waals surface area contributed by atoms with Crippen LogP contribution in [0.3, 0.4) is 0 Å². The van der Waals surface area contributed by atoms with Crippen LogP contribution < -0.4 is 19.1 Å². The standard InChI is InChI=1S/C37H43N3O6S/c1-6-28(3)38-37(42)33(23-29-15-9-7-10-16-29)39(25-30-17-13-14-27(2)22-30)36(41)26-40(47(43,44)32-18-11-8-12-19-32)31-20-21-34(45-4)35(24-31)46-5/h7-22,24,28,33H,6,23,25-26H2,1-5H3,(H,38,42)/t28-,33-/m0/s1. The molecule has 9 nitrogen and oxygen atoms in total. The number of ether oxygens (including phenoxy) is 2. The molecule has 0 spiro atoms. The van der Waals surface area contributed by atoms with Crippen LogP contribution in [-0.2, 0) is 32.6 Å². The highest BCUT2D eigenvalue weighted by Crippen LogP contribution is 2.34. The summed E-state index contributed by atoms with van der Waals surface area (Å²) < 4.78 is 40.4. The summed E-state index contributed by atoms with van der Waals surface area (Å²) in [6.45, 7) is 5.37. The van der Waals surface area contributed by atoms with Gasteiger partial charge in [0.25, 0.3) is 10.0 Å². The van der Waals surface area contributed by atoms with E-state index in [1.165, 1.54) is 37.3 Å². The first kappa shape index (κ1) is 35.0. The normalized spacial score (nSPS) is 12.4. The summed E-state index contributed by atoms with van der Waals surface area (Å²) in [5.74, 6) is -0.142. The van der Waals surface area contributed by atoms with E-state index in [0.717, 1.165) is 21.0 Å². The van der Waals surface area contributed by atoms with Crippen molar-refractivity contribution in [2.24, 2.45) is 0 Å². The second-order valence-electron chi connectivity index (χ2n) is 11.4. The zero-order chi connectivity index (χ0) is 34.0. The lowest BCUT2D eigenvalue weighted by Crippen LogP contribution is -2.54. The molecule has 248 valence electrons. The van der Waals surface area contributed by atoms with Crippen LogP contribution in [0.5, 0.6) is 11.5 Å². The maximum Gasteiger partial charge on any atom is 0.264 e. The van der Waals surface area contributed by atoms with Crippen LogP contribution in [0.15, 0.2) is 108 Å². The average molecular weight is 658 g/mol.